The zero-order chi connectivity index (χ0) is 19.5. The summed E-state index contributed by atoms with van der Waals surface area (Å²) in [6.07, 6.45) is -3.92. The number of hydrogen-bond acceptors (Lipinski definition) is 4. The van der Waals surface area contributed by atoms with Crippen molar-refractivity contribution in [3.8, 4) is 0 Å². The second-order valence-corrected chi connectivity index (χ2v) is 8.83. The summed E-state index contributed by atoms with van der Waals surface area (Å²) in [5.74, 6) is -0.0816. The van der Waals surface area contributed by atoms with Crippen LogP contribution in [-0.2, 0) is 27.4 Å². The maximum atomic E-state index is 12.6. The van der Waals surface area contributed by atoms with E-state index in [1.54, 1.807) is 23.8 Å². The quantitative estimate of drug-likeness (QED) is 0.745. The maximum absolute atomic E-state index is 12.6. The van der Waals surface area contributed by atoms with Crippen molar-refractivity contribution in [1.82, 2.24) is 9.80 Å². The van der Waals surface area contributed by atoms with Crippen LogP contribution < -0.4 is 0 Å². The minimum atomic E-state index is -4.37. The van der Waals surface area contributed by atoms with Crippen molar-refractivity contribution in [2.24, 2.45) is 0 Å². The Bertz CT molecular complexity index is 733. The summed E-state index contributed by atoms with van der Waals surface area (Å²) in [6.45, 7) is 2.63. The Morgan fingerprint density at radius 2 is 1.85 bits per heavy atom. The van der Waals surface area contributed by atoms with Gasteiger partial charge in [0.25, 0.3) is 0 Å². The normalized spacial score (nSPS) is 19.7. The first-order chi connectivity index (χ1) is 12.0. The topological polar surface area (TPSA) is 57.7 Å². The number of nitrogens with zero attached hydrogens (tertiary/aromatic N) is 2. The molecule has 146 valence electrons. The average molecular weight is 392 g/mol. The fourth-order valence-electron chi connectivity index (χ4n) is 3.15. The van der Waals surface area contributed by atoms with Gasteiger partial charge in [0.1, 0.15) is 0 Å². The Kier molecular flexibility index (Phi) is 6.33. The molecule has 0 N–H and O–H groups in total. The van der Waals surface area contributed by atoms with Crippen molar-refractivity contribution in [2.45, 2.75) is 32.1 Å². The van der Waals surface area contributed by atoms with Gasteiger partial charge in [0.05, 0.1) is 23.6 Å². The first-order valence-electron chi connectivity index (χ1n) is 8.36. The molecule has 0 saturated carbocycles. The number of alkyl halides is 3. The minimum absolute atomic E-state index is 0.00476. The van der Waals surface area contributed by atoms with Gasteiger partial charge in [-0.25, -0.2) is 8.42 Å². The van der Waals surface area contributed by atoms with Gasteiger partial charge in [-0.3, -0.25) is 9.69 Å². The van der Waals surface area contributed by atoms with Crippen LogP contribution in [0.5, 0.6) is 0 Å². The molecule has 0 bridgehead atoms. The van der Waals surface area contributed by atoms with E-state index >= 15 is 0 Å². The minimum Gasteiger partial charge on any atom is -0.338 e. The lowest BCUT2D eigenvalue weighted by molar-refractivity contribution is -0.137. The molecular weight excluding hydrogens is 369 g/mol. The van der Waals surface area contributed by atoms with Gasteiger partial charge in [-0.05, 0) is 38.1 Å². The standard InChI is InChI=1S/C17H23F3N2O3S/c1-3-22(15-8-9-26(24,25)12-15)16(23)11-21(2)10-13-4-6-14(7-5-13)17(18,19)20/h4-7,15H,3,8-12H2,1-2H3. The number of amides is 1. The van der Waals surface area contributed by atoms with Crippen molar-refractivity contribution in [3.05, 3.63) is 35.4 Å². The molecule has 1 amide bonds. The summed E-state index contributed by atoms with van der Waals surface area (Å²) in [5, 5.41) is 0. The third-order valence-corrected chi connectivity index (χ3v) is 6.20. The van der Waals surface area contributed by atoms with Gasteiger partial charge in [-0.15, -0.1) is 0 Å². The van der Waals surface area contributed by atoms with Crippen molar-refractivity contribution in [1.29, 1.82) is 0 Å². The van der Waals surface area contributed by atoms with Crippen molar-refractivity contribution in [3.63, 3.8) is 0 Å². The van der Waals surface area contributed by atoms with Gasteiger partial charge in [-0.2, -0.15) is 13.2 Å². The number of carbonyl (C=O) groups excluding carboxylic acids is 1. The third-order valence-electron chi connectivity index (χ3n) is 4.45. The van der Waals surface area contributed by atoms with E-state index in [0.29, 0.717) is 25.1 Å². The molecule has 1 aliphatic rings. The van der Waals surface area contributed by atoms with Crippen molar-refractivity contribution in [2.75, 3.05) is 31.6 Å². The Morgan fingerprint density at radius 1 is 1.23 bits per heavy atom. The Morgan fingerprint density at radius 3 is 2.31 bits per heavy atom. The SMILES string of the molecule is CCN(C(=O)CN(C)Cc1ccc(C(F)(F)F)cc1)C1CCS(=O)(=O)C1. The summed E-state index contributed by atoms with van der Waals surface area (Å²) in [7, 11) is -1.37. The molecule has 1 aromatic carbocycles. The molecule has 1 unspecified atom stereocenters. The lowest BCUT2D eigenvalue weighted by Crippen LogP contribution is -2.45. The molecule has 0 radical (unpaired) electrons. The second-order valence-electron chi connectivity index (χ2n) is 6.60. The average Bonchev–Trinajstić information content (AvgIpc) is 2.87. The van der Waals surface area contributed by atoms with E-state index in [4.69, 9.17) is 0 Å². The number of sulfone groups is 1. The highest BCUT2D eigenvalue weighted by atomic mass is 32.2. The summed E-state index contributed by atoms with van der Waals surface area (Å²) in [6, 6.07) is 4.53. The number of likely N-dealkylation sites (N-methyl/N-ethyl adjacent to an activating group) is 2. The van der Waals surface area contributed by atoms with Crippen LogP contribution in [0.25, 0.3) is 0 Å². The zero-order valence-electron chi connectivity index (χ0n) is 14.8. The fraction of sp³-hybridized carbons (Fsp3) is 0.588. The van der Waals surface area contributed by atoms with Crippen molar-refractivity contribution < 1.29 is 26.4 Å². The molecule has 1 aliphatic heterocycles. The molecule has 26 heavy (non-hydrogen) atoms. The number of benzene rings is 1. The van der Waals surface area contributed by atoms with E-state index in [1.807, 2.05) is 0 Å². The van der Waals surface area contributed by atoms with Crippen LogP contribution in [0.2, 0.25) is 0 Å². The highest BCUT2D eigenvalue weighted by molar-refractivity contribution is 7.91. The van der Waals surface area contributed by atoms with Crippen LogP contribution in [-0.4, -0.2) is 61.8 Å². The van der Waals surface area contributed by atoms with Crippen LogP contribution >= 0.6 is 0 Å². The number of carbonyl (C=O) groups is 1. The van der Waals surface area contributed by atoms with Gasteiger partial charge >= 0.3 is 6.18 Å². The lowest BCUT2D eigenvalue weighted by atomic mass is 10.1. The number of halogens is 3. The summed E-state index contributed by atoms with van der Waals surface area (Å²) in [4.78, 5) is 15.8. The molecule has 2 rings (SSSR count). The van der Waals surface area contributed by atoms with Crippen LogP contribution in [0.3, 0.4) is 0 Å². The van der Waals surface area contributed by atoms with Crippen LogP contribution in [0.15, 0.2) is 24.3 Å². The van der Waals surface area contributed by atoms with Crippen LogP contribution in [0.4, 0.5) is 13.2 Å². The fourth-order valence-corrected chi connectivity index (χ4v) is 4.88. The Balaban J connectivity index is 1.93. The van der Waals surface area contributed by atoms with E-state index in [2.05, 4.69) is 0 Å². The molecule has 0 aromatic heterocycles. The monoisotopic (exact) mass is 392 g/mol. The highest BCUT2D eigenvalue weighted by Gasteiger charge is 2.34. The predicted octanol–water partition coefficient (Wildman–Crippen LogP) is 2.17. The van der Waals surface area contributed by atoms with Gasteiger partial charge in [0.15, 0.2) is 9.84 Å². The van der Waals surface area contributed by atoms with Gasteiger partial charge < -0.3 is 4.90 Å². The first kappa shape index (κ1) is 20.7. The van der Waals surface area contributed by atoms with E-state index in [-0.39, 0.29) is 30.0 Å². The number of rotatable bonds is 6. The van der Waals surface area contributed by atoms with E-state index < -0.39 is 21.6 Å². The van der Waals surface area contributed by atoms with Crippen LogP contribution in [0.1, 0.15) is 24.5 Å². The molecule has 1 atom stereocenters. The molecule has 1 fully saturated rings. The predicted molar refractivity (Wildman–Crippen MR) is 92.2 cm³/mol. The Labute approximate surface area is 151 Å². The summed E-state index contributed by atoms with van der Waals surface area (Å²) in [5.41, 5.74) is -0.0422. The van der Waals surface area contributed by atoms with E-state index in [1.165, 1.54) is 12.1 Å². The summed E-state index contributed by atoms with van der Waals surface area (Å²) >= 11 is 0. The molecule has 0 aliphatic carbocycles. The molecule has 1 heterocycles. The molecular formula is C17H23F3N2O3S. The number of hydrogen-bond donors (Lipinski definition) is 0. The van der Waals surface area contributed by atoms with Crippen molar-refractivity contribution >= 4 is 15.7 Å². The summed E-state index contributed by atoms with van der Waals surface area (Å²) < 4.78 is 61.0. The molecule has 0 spiro atoms. The third kappa shape index (κ3) is 5.44. The lowest BCUT2D eigenvalue weighted by Gasteiger charge is -2.29. The van der Waals surface area contributed by atoms with Gasteiger partial charge in [0, 0.05) is 19.1 Å². The van der Waals surface area contributed by atoms with E-state index in [0.717, 1.165) is 12.1 Å². The Hall–Kier alpha value is -1.61. The van der Waals surface area contributed by atoms with Gasteiger partial charge in [-0.1, -0.05) is 12.1 Å². The zero-order valence-corrected chi connectivity index (χ0v) is 15.6. The molecule has 5 nitrogen and oxygen atoms in total. The molecule has 1 saturated heterocycles. The first-order valence-corrected chi connectivity index (χ1v) is 10.2. The largest absolute Gasteiger partial charge is 0.416 e. The van der Waals surface area contributed by atoms with E-state index in [9.17, 15) is 26.4 Å². The second kappa shape index (κ2) is 7.96. The maximum Gasteiger partial charge on any atom is 0.416 e. The smallest absolute Gasteiger partial charge is 0.338 e. The van der Waals surface area contributed by atoms with Crippen LogP contribution in [0, 0.1) is 0 Å². The molecule has 9 heteroatoms. The highest BCUT2D eigenvalue weighted by Crippen LogP contribution is 2.29. The van der Waals surface area contributed by atoms with Gasteiger partial charge in [0.2, 0.25) is 5.91 Å². The molecule has 1 aromatic rings.